The molecule has 0 aromatic carbocycles. The van der Waals surface area contributed by atoms with Crippen LogP contribution >= 0.6 is 11.6 Å². The second kappa shape index (κ2) is 3.58. The predicted octanol–water partition coefficient (Wildman–Crippen LogP) is 2.40. The van der Waals surface area contributed by atoms with E-state index in [1.807, 2.05) is 0 Å². The topological polar surface area (TPSA) is 39.2 Å². The largest absolute Gasteiger partial charge is 0.465 e. The van der Waals surface area contributed by atoms with Gasteiger partial charge < -0.3 is 4.74 Å². The molecule has 74 valence electrons. The number of carbonyl (C=O) groups is 1. The van der Waals surface area contributed by atoms with E-state index in [1.54, 1.807) is 6.07 Å². The molecule has 0 bridgehead atoms. The van der Waals surface area contributed by atoms with Crippen LogP contribution in [0.5, 0.6) is 0 Å². The van der Waals surface area contributed by atoms with E-state index in [4.69, 9.17) is 11.6 Å². The van der Waals surface area contributed by atoms with Gasteiger partial charge in [0.2, 0.25) is 0 Å². The van der Waals surface area contributed by atoms with Crippen LogP contribution < -0.4 is 0 Å². The van der Waals surface area contributed by atoms with E-state index in [9.17, 15) is 4.79 Å². The Bertz CT molecular complexity index is 374. The lowest BCUT2D eigenvalue weighted by atomic mass is 10.1. The summed E-state index contributed by atoms with van der Waals surface area (Å²) in [4.78, 5) is 15.2. The summed E-state index contributed by atoms with van der Waals surface area (Å²) in [5, 5.41) is 0.500. The minimum atomic E-state index is -0.365. The number of carbonyl (C=O) groups excluding carboxylic acids is 1. The maximum absolute atomic E-state index is 11.2. The average molecular weight is 212 g/mol. The fourth-order valence-corrected chi connectivity index (χ4v) is 1.63. The Morgan fingerprint density at radius 1 is 1.64 bits per heavy atom. The predicted molar refractivity (Wildman–Crippen MR) is 52.6 cm³/mol. The van der Waals surface area contributed by atoms with Gasteiger partial charge in [0.05, 0.1) is 12.7 Å². The average Bonchev–Trinajstić information content (AvgIpc) is 3.01. The molecular weight excluding hydrogens is 202 g/mol. The Hall–Kier alpha value is -1.09. The zero-order chi connectivity index (χ0) is 10.1. The molecule has 0 atom stereocenters. The third kappa shape index (κ3) is 1.73. The molecule has 0 amide bonds. The molecule has 0 N–H and O–H groups in total. The van der Waals surface area contributed by atoms with Gasteiger partial charge in [0.25, 0.3) is 0 Å². The molecule has 1 fully saturated rings. The van der Waals surface area contributed by atoms with Gasteiger partial charge in [0.1, 0.15) is 5.15 Å². The lowest BCUT2D eigenvalue weighted by Gasteiger charge is -2.03. The number of esters is 1. The maximum atomic E-state index is 11.2. The van der Waals surface area contributed by atoms with Gasteiger partial charge in [0, 0.05) is 6.20 Å². The van der Waals surface area contributed by atoms with Crippen LogP contribution in [0, 0.1) is 0 Å². The minimum absolute atomic E-state index is 0.365. The molecule has 1 heterocycles. The molecule has 3 nitrogen and oxygen atoms in total. The number of aromatic nitrogens is 1. The highest BCUT2D eigenvalue weighted by Crippen LogP contribution is 2.42. The monoisotopic (exact) mass is 211 g/mol. The Kier molecular flexibility index (Phi) is 2.42. The van der Waals surface area contributed by atoms with Crippen molar-refractivity contribution in [2.45, 2.75) is 18.8 Å². The van der Waals surface area contributed by atoms with Crippen molar-refractivity contribution >= 4 is 17.6 Å². The van der Waals surface area contributed by atoms with Gasteiger partial charge in [-0.15, -0.1) is 0 Å². The number of hydrogen-bond acceptors (Lipinski definition) is 3. The minimum Gasteiger partial charge on any atom is -0.465 e. The lowest BCUT2D eigenvalue weighted by molar-refractivity contribution is 0.0600. The van der Waals surface area contributed by atoms with Crippen LogP contribution in [0.15, 0.2) is 12.3 Å². The van der Waals surface area contributed by atoms with Gasteiger partial charge in [-0.1, -0.05) is 11.6 Å². The van der Waals surface area contributed by atoms with Gasteiger partial charge >= 0.3 is 5.97 Å². The normalized spacial score (nSPS) is 15.3. The van der Waals surface area contributed by atoms with Crippen LogP contribution in [0.4, 0.5) is 0 Å². The van der Waals surface area contributed by atoms with E-state index in [2.05, 4.69) is 9.72 Å². The van der Waals surface area contributed by atoms with Crippen LogP contribution in [-0.4, -0.2) is 18.1 Å². The number of ether oxygens (including phenoxy) is 1. The second-order valence-corrected chi connectivity index (χ2v) is 3.73. The lowest BCUT2D eigenvalue weighted by Crippen LogP contribution is -2.03. The molecule has 1 aliphatic rings. The van der Waals surface area contributed by atoms with Crippen LogP contribution in [0.1, 0.15) is 34.7 Å². The van der Waals surface area contributed by atoms with E-state index >= 15 is 0 Å². The molecule has 14 heavy (non-hydrogen) atoms. The Morgan fingerprint density at radius 3 is 2.93 bits per heavy atom. The maximum Gasteiger partial charge on any atom is 0.339 e. The van der Waals surface area contributed by atoms with Gasteiger partial charge in [-0.3, -0.25) is 0 Å². The van der Waals surface area contributed by atoms with Gasteiger partial charge in [-0.05, 0) is 30.4 Å². The number of methoxy groups -OCH3 is 1. The summed E-state index contributed by atoms with van der Waals surface area (Å²) >= 11 is 5.92. The molecule has 0 radical (unpaired) electrons. The molecule has 1 aromatic heterocycles. The first-order valence-electron chi connectivity index (χ1n) is 4.46. The molecule has 1 saturated carbocycles. The van der Waals surface area contributed by atoms with Crippen LogP contribution in [0.3, 0.4) is 0 Å². The highest BCUT2D eigenvalue weighted by Gasteiger charge is 2.27. The summed E-state index contributed by atoms with van der Waals surface area (Å²) in [5.74, 6) is 0.121. The molecule has 2 rings (SSSR count). The van der Waals surface area contributed by atoms with Crippen molar-refractivity contribution in [3.05, 3.63) is 28.5 Å². The Balaban J connectivity index is 2.35. The highest BCUT2D eigenvalue weighted by molar-refractivity contribution is 6.30. The SMILES string of the molecule is COC(=O)c1cnc(Cl)c(C2CC2)c1. The smallest absolute Gasteiger partial charge is 0.339 e. The molecule has 1 aliphatic carbocycles. The standard InChI is InChI=1S/C10H10ClNO2/c1-14-10(13)7-4-8(6-2-3-6)9(11)12-5-7/h4-6H,2-3H2,1H3. The van der Waals surface area contributed by atoms with Crippen molar-refractivity contribution in [3.8, 4) is 0 Å². The van der Waals surface area contributed by atoms with E-state index in [-0.39, 0.29) is 5.97 Å². The summed E-state index contributed by atoms with van der Waals surface area (Å²) < 4.78 is 4.61. The van der Waals surface area contributed by atoms with Crippen LogP contribution in [0.2, 0.25) is 5.15 Å². The third-order valence-electron chi connectivity index (χ3n) is 2.30. The second-order valence-electron chi connectivity index (χ2n) is 3.37. The summed E-state index contributed by atoms with van der Waals surface area (Å²) in [6, 6.07) is 1.78. The highest BCUT2D eigenvalue weighted by atomic mass is 35.5. The van der Waals surface area contributed by atoms with Gasteiger partial charge in [0.15, 0.2) is 0 Å². The van der Waals surface area contributed by atoms with Gasteiger partial charge in [-0.2, -0.15) is 0 Å². The zero-order valence-corrected chi connectivity index (χ0v) is 8.54. The number of halogens is 1. The molecule has 0 aliphatic heterocycles. The molecule has 0 saturated heterocycles. The fraction of sp³-hybridized carbons (Fsp3) is 0.400. The fourth-order valence-electron chi connectivity index (χ4n) is 1.38. The van der Waals surface area contributed by atoms with E-state index < -0.39 is 0 Å². The summed E-state index contributed by atoms with van der Waals surface area (Å²) in [5.41, 5.74) is 1.44. The first-order chi connectivity index (χ1) is 6.72. The summed E-state index contributed by atoms with van der Waals surface area (Å²) in [7, 11) is 1.35. The molecule has 0 unspecified atom stereocenters. The van der Waals surface area contributed by atoms with Crippen molar-refractivity contribution in [2.75, 3.05) is 7.11 Å². The van der Waals surface area contributed by atoms with Gasteiger partial charge in [-0.25, -0.2) is 9.78 Å². The summed E-state index contributed by atoms with van der Waals surface area (Å²) in [6.45, 7) is 0. The van der Waals surface area contributed by atoms with Crippen LogP contribution in [0.25, 0.3) is 0 Å². The number of nitrogens with zero attached hydrogens (tertiary/aromatic N) is 1. The van der Waals surface area contributed by atoms with Crippen molar-refractivity contribution in [2.24, 2.45) is 0 Å². The molecule has 1 aromatic rings. The summed E-state index contributed by atoms with van der Waals surface area (Å²) in [6.07, 6.45) is 3.71. The first kappa shape index (κ1) is 9.46. The van der Waals surface area contributed by atoms with Crippen molar-refractivity contribution < 1.29 is 9.53 Å². The number of hydrogen-bond donors (Lipinski definition) is 0. The van der Waals surface area contributed by atoms with Crippen molar-refractivity contribution in [1.82, 2.24) is 4.98 Å². The Morgan fingerprint density at radius 2 is 2.36 bits per heavy atom. The first-order valence-corrected chi connectivity index (χ1v) is 4.84. The third-order valence-corrected chi connectivity index (χ3v) is 2.62. The van der Waals surface area contributed by atoms with Crippen molar-refractivity contribution in [1.29, 1.82) is 0 Å². The number of rotatable bonds is 2. The molecule has 0 spiro atoms. The number of pyridine rings is 1. The molecule has 4 heteroatoms. The van der Waals surface area contributed by atoms with E-state index in [1.165, 1.54) is 13.3 Å². The quantitative estimate of drug-likeness (QED) is 0.557. The van der Waals surface area contributed by atoms with E-state index in [0.717, 1.165) is 18.4 Å². The van der Waals surface area contributed by atoms with Crippen LogP contribution in [-0.2, 0) is 4.74 Å². The molecular formula is C10H10ClNO2. The van der Waals surface area contributed by atoms with Crippen molar-refractivity contribution in [3.63, 3.8) is 0 Å². The Labute approximate surface area is 87.0 Å². The zero-order valence-electron chi connectivity index (χ0n) is 7.79. The van der Waals surface area contributed by atoms with E-state index in [0.29, 0.717) is 16.6 Å².